The molecule has 0 bridgehead atoms. The first-order chi connectivity index (χ1) is 14.0. The van der Waals surface area contributed by atoms with Gasteiger partial charge < -0.3 is 15.7 Å². The molecule has 0 aliphatic heterocycles. The van der Waals surface area contributed by atoms with E-state index in [2.05, 4.69) is 10.6 Å². The maximum atomic E-state index is 14.0. The van der Waals surface area contributed by atoms with E-state index in [0.29, 0.717) is 23.1 Å². The molecule has 0 fully saturated rings. The largest absolute Gasteiger partial charge is 0.383 e. The lowest BCUT2D eigenvalue weighted by Gasteiger charge is -2.27. The number of hydrogen-bond donors (Lipinski definition) is 3. The Balaban J connectivity index is 2.08. The van der Waals surface area contributed by atoms with E-state index in [1.54, 1.807) is 24.3 Å². The van der Waals surface area contributed by atoms with Crippen molar-refractivity contribution in [2.45, 2.75) is 38.8 Å². The van der Waals surface area contributed by atoms with Crippen molar-refractivity contribution in [1.82, 2.24) is 10.6 Å². The van der Waals surface area contributed by atoms with Crippen LogP contribution in [0.2, 0.25) is 5.02 Å². The summed E-state index contributed by atoms with van der Waals surface area (Å²) in [7, 11) is 0. The Morgan fingerprint density at radius 2 is 1.77 bits per heavy atom. The van der Waals surface area contributed by atoms with E-state index in [1.165, 1.54) is 6.92 Å². The zero-order valence-electron chi connectivity index (χ0n) is 17.0. The summed E-state index contributed by atoms with van der Waals surface area (Å²) in [6.45, 7) is 4.80. The summed E-state index contributed by atoms with van der Waals surface area (Å²) < 4.78 is 27.1. The number of hydrogen-bond acceptors (Lipinski definition) is 3. The molecule has 3 N–H and O–H groups in total. The van der Waals surface area contributed by atoms with Gasteiger partial charge in [0.2, 0.25) is 5.91 Å². The van der Waals surface area contributed by atoms with E-state index in [4.69, 9.17) is 11.6 Å². The first kappa shape index (κ1) is 23.8. The summed E-state index contributed by atoms with van der Waals surface area (Å²) >= 11 is 5.83. The fraction of sp³-hybridized carbons (Fsp3) is 0.364. The molecule has 0 radical (unpaired) electrons. The van der Waals surface area contributed by atoms with Crippen molar-refractivity contribution in [2.75, 3.05) is 6.54 Å². The molecule has 2 amide bonds. The Morgan fingerprint density at radius 1 is 1.13 bits per heavy atom. The van der Waals surface area contributed by atoms with Crippen LogP contribution in [0.25, 0.3) is 0 Å². The van der Waals surface area contributed by atoms with E-state index >= 15 is 0 Å². The third-order valence-corrected chi connectivity index (χ3v) is 4.81. The highest BCUT2D eigenvalue weighted by Gasteiger charge is 2.30. The van der Waals surface area contributed by atoms with Crippen molar-refractivity contribution in [3.63, 3.8) is 0 Å². The quantitative estimate of drug-likeness (QED) is 0.586. The van der Waals surface area contributed by atoms with Crippen LogP contribution in [0.15, 0.2) is 42.5 Å². The van der Waals surface area contributed by atoms with Crippen LogP contribution in [0, 0.1) is 17.6 Å². The molecule has 0 saturated carbocycles. The molecule has 2 atom stereocenters. The summed E-state index contributed by atoms with van der Waals surface area (Å²) in [4.78, 5) is 25.2. The average molecular weight is 439 g/mol. The second-order valence-electron chi connectivity index (χ2n) is 7.78. The molecular weight excluding hydrogens is 414 g/mol. The molecule has 2 rings (SSSR count). The van der Waals surface area contributed by atoms with Crippen molar-refractivity contribution in [2.24, 2.45) is 5.92 Å². The highest BCUT2D eigenvalue weighted by atomic mass is 35.5. The normalized spacial score (nSPS) is 14.1. The molecule has 0 heterocycles. The lowest BCUT2D eigenvalue weighted by Crippen LogP contribution is -2.50. The molecule has 2 unspecified atom stereocenters. The van der Waals surface area contributed by atoms with Crippen LogP contribution in [-0.4, -0.2) is 29.5 Å². The Bertz CT molecular complexity index is 902. The van der Waals surface area contributed by atoms with Crippen molar-refractivity contribution in [3.05, 3.63) is 70.2 Å². The molecule has 30 heavy (non-hydrogen) atoms. The van der Waals surface area contributed by atoms with Gasteiger partial charge >= 0.3 is 0 Å². The molecule has 5 nitrogen and oxygen atoms in total. The first-order valence-corrected chi connectivity index (χ1v) is 9.89. The molecule has 0 spiro atoms. The van der Waals surface area contributed by atoms with Gasteiger partial charge in [0, 0.05) is 22.2 Å². The van der Waals surface area contributed by atoms with E-state index in [9.17, 15) is 23.5 Å². The minimum absolute atomic E-state index is 0.0984. The van der Waals surface area contributed by atoms with Crippen molar-refractivity contribution >= 4 is 23.4 Å². The third kappa shape index (κ3) is 6.50. The van der Waals surface area contributed by atoms with Crippen LogP contribution >= 0.6 is 11.6 Å². The maximum Gasteiger partial charge on any atom is 0.251 e. The number of rotatable bonds is 8. The highest BCUT2D eigenvalue weighted by molar-refractivity contribution is 6.30. The number of carbonyl (C=O) groups excluding carboxylic acids is 2. The summed E-state index contributed by atoms with van der Waals surface area (Å²) in [5, 5.41) is 16.3. The molecule has 0 aliphatic carbocycles. The average Bonchev–Trinajstić information content (AvgIpc) is 2.65. The van der Waals surface area contributed by atoms with Gasteiger partial charge in [-0.05, 0) is 49.6 Å². The molecule has 2 aromatic rings. The molecule has 162 valence electrons. The Labute approximate surface area is 179 Å². The Morgan fingerprint density at radius 3 is 2.33 bits per heavy atom. The van der Waals surface area contributed by atoms with E-state index in [0.717, 1.165) is 12.1 Å². The van der Waals surface area contributed by atoms with E-state index in [-0.39, 0.29) is 18.0 Å². The second kappa shape index (κ2) is 10.00. The maximum absolute atomic E-state index is 14.0. The number of benzene rings is 2. The van der Waals surface area contributed by atoms with Gasteiger partial charge in [0.05, 0.1) is 6.54 Å². The molecule has 8 heteroatoms. The van der Waals surface area contributed by atoms with Crippen molar-refractivity contribution in [1.29, 1.82) is 0 Å². The van der Waals surface area contributed by atoms with Gasteiger partial charge in [-0.3, -0.25) is 9.59 Å². The minimum atomic E-state index is -1.77. The van der Waals surface area contributed by atoms with Gasteiger partial charge in [-0.25, -0.2) is 8.78 Å². The van der Waals surface area contributed by atoms with Crippen LogP contribution in [0.5, 0.6) is 0 Å². The van der Waals surface area contributed by atoms with Gasteiger partial charge in [0.15, 0.2) is 0 Å². The summed E-state index contributed by atoms with van der Waals surface area (Å²) in [6.07, 6.45) is 0.359. The standard InChI is InChI=1S/C22H25ClF2N2O3/c1-13(2)10-19(27-20(28)14-4-6-15(23)7-5-14)21(29)26-12-22(3,30)17-9-8-16(24)11-18(17)25/h4-9,11,13,19,30H,10,12H2,1-3H3,(H,26,29)(H,27,28). The zero-order chi connectivity index (χ0) is 22.5. The minimum Gasteiger partial charge on any atom is -0.383 e. The smallest absolute Gasteiger partial charge is 0.251 e. The van der Waals surface area contributed by atoms with Crippen LogP contribution < -0.4 is 10.6 Å². The third-order valence-electron chi connectivity index (χ3n) is 4.55. The lowest BCUT2D eigenvalue weighted by molar-refractivity contribution is -0.124. The predicted molar refractivity (Wildman–Crippen MR) is 111 cm³/mol. The zero-order valence-corrected chi connectivity index (χ0v) is 17.8. The van der Waals surface area contributed by atoms with Gasteiger partial charge in [-0.15, -0.1) is 0 Å². The van der Waals surface area contributed by atoms with Gasteiger partial charge in [-0.2, -0.15) is 0 Å². The number of aliphatic hydroxyl groups is 1. The molecule has 2 aromatic carbocycles. The monoisotopic (exact) mass is 438 g/mol. The summed E-state index contributed by atoms with van der Waals surface area (Å²) in [5.74, 6) is -2.54. The highest BCUT2D eigenvalue weighted by Crippen LogP contribution is 2.23. The van der Waals surface area contributed by atoms with Crippen LogP contribution in [0.3, 0.4) is 0 Å². The van der Waals surface area contributed by atoms with Gasteiger partial charge in [0.25, 0.3) is 5.91 Å². The van der Waals surface area contributed by atoms with Crippen LogP contribution in [0.1, 0.15) is 43.1 Å². The summed E-state index contributed by atoms with van der Waals surface area (Å²) in [5.41, 5.74) is -1.56. The van der Waals surface area contributed by atoms with Crippen molar-refractivity contribution < 1.29 is 23.5 Å². The first-order valence-electron chi connectivity index (χ1n) is 9.51. The summed E-state index contributed by atoms with van der Waals surface area (Å²) in [6, 6.07) is 8.20. The molecule has 0 aliphatic rings. The molecule has 0 saturated heterocycles. The fourth-order valence-corrected chi connectivity index (χ4v) is 3.08. The fourth-order valence-electron chi connectivity index (χ4n) is 2.95. The lowest BCUT2D eigenvalue weighted by atomic mass is 9.95. The topological polar surface area (TPSA) is 78.4 Å². The van der Waals surface area contributed by atoms with Crippen LogP contribution in [0.4, 0.5) is 8.78 Å². The van der Waals surface area contributed by atoms with Gasteiger partial charge in [0.1, 0.15) is 23.3 Å². The predicted octanol–water partition coefficient (Wildman–Crippen LogP) is 3.79. The number of halogens is 3. The number of amides is 2. The van der Waals surface area contributed by atoms with Crippen LogP contribution in [-0.2, 0) is 10.4 Å². The Kier molecular flexibility index (Phi) is 7.92. The van der Waals surface area contributed by atoms with E-state index in [1.807, 2.05) is 13.8 Å². The van der Waals surface area contributed by atoms with Gasteiger partial charge in [-0.1, -0.05) is 31.5 Å². The van der Waals surface area contributed by atoms with E-state index < -0.39 is 35.1 Å². The Hall–Kier alpha value is -2.51. The van der Waals surface area contributed by atoms with Crippen molar-refractivity contribution in [3.8, 4) is 0 Å². The molecular formula is C22H25ClF2N2O3. The second-order valence-corrected chi connectivity index (χ2v) is 8.21. The SMILES string of the molecule is CC(C)CC(NC(=O)c1ccc(Cl)cc1)C(=O)NCC(C)(O)c1ccc(F)cc1F. The molecule has 0 aromatic heterocycles. The number of carbonyl (C=O) groups is 2. The number of nitrogens with one attached hydrogen (secondary N) is 2.